The van der Waals surface area contributed by atoms with Crippen LogP contribution in [0.25, 0.3) is 10.4 Å². The van der Waals surface area contributed by atoms with E-state index >= 15 is 0 Å². The second-order valence-electron chi connectivity index (χ2n) is 4.37. The molecule has 3 nitrogen and oxygen atoms in total. The predicted octanol–water partition coefficient (Wildman–Crippen LogP) is 3.37. The van der Waals surface area contributed by atoms with Crippen molar-refractivity contribution in [3.05, 3.63) is 27.8 Å². The minimum absolute atomic E-state index is 0.571. The second kappa shape index (κ2) is 4.92. The molecule has 3 rings (SSSR count). The van der Waals surface area contributed by atoms with Crippen LogP contribution in [0.2, 0.25) is 0 Å². The van der Waals surface area contributed by atoms with Gasteiger partial charge in [-0.05, 0) is 41.4 Å². The van der Waals surface area contributed by atoms with Crippen molar-refractivity contribution >= 4 is 27.3 Å². The summed E-state index contributed by atoms with van der Waals surface area (Å²) in [7, 11) is 0. The Kier molecular flexibility index (Phi) is 3.31. The molecular weight excluding hydrogens is 298 g/mol. The van der Waals surface area contributed by atoms with Gasteiger partial charge in [-0.25, -0.2) is 0 Å². The van der Waals surface area contributed by atoms with E-state index in [0.717, 1.165) is 17.6 Å². The summed E-state index contributed by atoms with van der Waals surface area (Å²) in [6.45, 7) is 2.20. The van der Waals surface area contributed by atoms with Gasteiger partial charge in [0.2, 0.25) is 0 Å². The van der Waals surface area contributed by atoms with E-state index in [2.05, 4.69) is 42.9 Å². The first-order valence-electron chi connectivity index (χ1n) is 5.83. The topological polar surface area (TPSA) is 40.7 Å². The number of piperidine rings is 1. The molecule has 2 aromatic heterocycles. The molecule has 17 heavy (non-hydrogen) atoms. The molecule has 0 amide bonds. The van der Waals surface area contributed by atoms with Crippen LogP contribution in [0.4, 0.5) is 0 Å². The van der Waals surface area contributed by atoms with Crippen LogP contribution in [0.5, 0.6) is 0 Å². The van der Waals surface area contributed by atoms with Gasteiger partial charge in [0, 0.05) is 38.4 Å². The first-order valence-corrected chi connectivity index (χ1v) is 7.50. The maximum atomic E-state index is 4.22. The van der Waals surface area contributed by atoms with Crippen LogP contribution < -0.4 is 5.32 Å². The summed E-state index contributed by atoms with van der Waals surface area (Å²) in [6.07, 6.45) is 4.44. The number of H-pyrrole nitrogens is 1. The minimum Gasteiger partial charge on any atom is -0.316 e. The number of nitrogens with zero attached hydrogens (tertiary/aromatic N) is 1. The lowest BCUT2D eigenvalue weighted by Crippen LogP contribution is -2.28. The molecule has 1 aliphatic heterocycles. The summed E-state index contributed by atoms with van der Waals surface area (Å²) in [5, 5.41) is 13.0. The number of thiophene rings is 1. The maximum absolute atomic E-state index is 4.22. The molecule has 1 atom stereocenters. The van der Waals surface area contributed by atoms with Crippen molar-refractivity contribution in [1.82, 2.24) is 15.5 Å². The molecule has 0 aliphatic carbocycles. The van der Waals surface area contributed by atoms with E-state index in [9.17, 15) is 0 Å². The highest BCUT2D eigenvalue weighted by atomic mass is 79.9. The molecule has 1 unspecified atom stereocenters. The van der Waals surface area contributed by atoms with Gasteiger partial charge < -0.3 is 5.32 Å². The van der Waals surface area contributed by atoms with Gasteiger partial charge in [0.1, 0.15) is 0 Å². The first kappa shape index (κ1) is 11.4. The fraction of sp³-hybridized carbons (Fsp3) is 0.417. The van der Waals surface area contributed by atoms with Crippen molar-refractivity contribution in [2.75, 3.05) is 13.1 Å². The van der Waals surface area contributed by atoms with E-state index in [-0.39, 0.29) is 0 Å². The zero-order valence-electron chi connectivity index (χ0n) is 9.37. The molecule has 0 spiro atoms. The largest absolute Gasteiger partial charge is 0.316 e. The predicted molar refractivity (Wildman–Crippen MR) is 74.4 cm³/mol. The lowest BCUT2D eigenvalue weighted by molar-refractivity contribution is 0.455. The lowest BCUT2D eigenvalue weighted by atomic mass is 9.93. The molecule has 5 heteroatoms. The molecule has 1 saturated heterocycles. The van der Waals surface area contributed by atoms with Gasteiger partial charge in [-0.3, -0.25) is 5.10 Å². The maximum Gasteiger partial charge on any atom is 0.0577 e. The highest BCUT2D eigenvalue weighted by Gasteiger charge is 2.21. The van der Waals surface area contributed by atoms with Crippen molar-refractivity contribution in [2.24, 2.45) is 0 Å². The Morgan fingerprint density at radius 3 is 3.12 bits per heavy atom. The summed E-state index contributed by atoms with van der Waals surface area (Å²) >= 11 is 5.26. The zero-order valence-corrected chi connectivity index (χ0v) is 11.8. The molecule has 90 valence electrons. The first-order chi connectivity index (χ1) is 8.34. The molecule has 2 aromatic rings. The summed E-state index contributed by atoms with van der Waals surface area (Å²) in [5.41, 5.74) is 2.54. The van der Waals surface area contributed by atoms with Crippen LogP contribution >= 0.6 is 27.3 Å². The molecule has 0 bridgehead atoms. The summed E-state index contributed by atoms with van der Waals surface area (Å²) in [6, 6.07) is 2.16. The summed E-state index contributed by atoms with van der Waals surface area (Å²) < 4.78 is 1.14. The smallest absolute Gasteiger partial charge is 0.0577 e. The third-order valence-electron chi connectivity index (χ3n) is 3.21. The molecule has 1 fully saturated rings. The van der Waals surface area contributed by atoms with Crippen LogP contribution in [0.3, 0.4) is 0 Å². The van der Waals surface area contributed by atoms with Crippen LogP contribution in [-0.2, 0) is 0 Å². The number of hydrogen-bond acceptors (Lipinski definition) is 3. The monoisotopic (exact) mass is 311 g/mol. The molecule has 3 heterocycles. The molecule has 0 saturated carbocycles. The molecule has 1 aliphatic rings. The molecule has 2 N–H and O–H groups in total. The van der Waals surface area contributed by atoms with E-state index in [1.165, 1.54) is 29.0 Å². The molecular formula is C12H14BrN3S. The quantitative estimate of drug-likeness (QED) is 0.892. The SMILES string of the molecule is Brc1csc(-c2cn[nH]c2C2CCCNC2)c1. The van der Waals surface area contributed by atoms with Gasteiger partial charge in [-0.15, -0.1) is 11.3 Å². The highest BCUT2D eigenvalue weighted by molar-refractivity contribution is 9.10. The highest BCUT2D eigenvalue weighted by Crippen LogP contribution is 2.35. The lowest BCUT2D eigenvalue weighted by Gasteiger charge is -2.22. The van der Waals surface area contributed by atoms with Gasteiger partial charge in [0.15, 0.2) is 0 Å². The fourth-order valence-corrected chi connectivity index (χ4v) is 3.81. The third-order valence-corrected chi connectivity index (χ3v) is 4.93. The van der Waals surface area contributed by atoms with E-state index in [0.29, 0.717) is 5.92 Å². The Hall–Kier alpha value is -0.650. The van der Waals surface area contributed by atoms with Gasteiger partial charge in [0.05, 0.1) is 6.20 Å². The van der Waals surface area contributed by atoms with Gasteiger partial charge in [-0.2, -0.15) is 5.10 Å². The normalized spacial score (nSPS) is 20.6. The number of aromatic nitrogens is 2. The molecule has 0 aromatic carbocycles. The van der Waals surface area contributed by atoms with Crippen LogP contribution in [-0.4, -0.2) is 23.3 Å². The Morgan fingerprint density at radius 2 is 2.41 bits per heavy atom. The average Bonchev–Trinajstić information content (AvgIpc) is 2.98. The van der Waals surface area contributed by atoms with Crippen molar-refractivity contribution in [1.29, 1.82) is 0 Å². The Labute approximate surface area is 113 Å². The Balaban J connectivity index is 1.93. The third kappa shape index (κ3) is 2.32. The number of halogens is 1. The minimum atomic E-state index is 0.571. The van der Waals surface area contributed by atoms with Crippen LogP contribution in [0, 0.1) is 0 Å². The Morgan fingerprint density at radius 1 is 1.47 bits per heavy atom. The van der Waals surface area contributed by atoms with E-state index < -0.39 is 0 Å². The van der Waals surface area contributed by atoms with Gasteiger partial charge in [-0.1, -0.05) is 0 Å². The van der Waals surface area contributed by atoms with Crippen molar-refractivity contribution < 1.29 is 0 Å². The number of nitrogens with one attached hydrogen (secondary N) is 2. The Bertz CT molecular complexity index is 499. The van der Waals surface area contributed by atoms with Crippen LogP contribution in [0.15, 0.2) is 22.1 Å². The van der Waals surface area contributed by atoms with Crippen molar-refractivity contribution in [3.63, 3.8) is 0 Å². The van der Waals surface area contributed by atoms with Gasteiger partial charge in [0.25, 0.3) is 0 Å². The second-order valence-corrected chi connectivity index (χ2v) is 6.20. The average molecular weight is 312 g/mol. The fourth-order valence-electron chi connectivity index (χ4n) is 2.36. The molecule has 0 radical (unpaired) electrons. The van der Waals surface area contributed by atoms with Crippen LogP contribution in [0.1, 0.15) is 24.5 Å². The number of aromatic amines is 1. The van der Waals surface area contributed by atoms with E-state index in [1.807, 2.05) is 6.20 Å². The summed E-state index contributed by atoms with van der Waals surface area (Å²) in [5.74, 6) is 0.571. The number of hydrogen-bond donors (Lipinski definition) is 2. The zero-order chi connectivity index (χ0) is 11.7. The van der Waals surface area contributed by atoms with E-state index in [4.69, 9.17) is 0 Å². The van der Waals surface area contributed by atoms with Crippen molar-refractivity contribution in [2.45, 2.75) is 18.8 Å². The number of rotatable bonds is 2. The van der Waals surface area contributed by atoms with E-state index in [1.54, 1.807) is 11.3 Å². The van der Waals surface area contributed by atoms with Gasteiger partial charge >= 0.3 is 0 Å². The standard InChI is InChI=1S/C12H14BrN3S/c13-9-4-11(17-7-9)10-6-15-16-12(10)8-2-1-3-14-5-8/h4,6-8,14H,1-3,5H2,(H,15,16). The van der Waals surface area contributed by atoms with Crippen molar-refractivity contribution in [3.8, 4) is 10.4 Å². The summed E-state index contributed by atoms with van der Waals surface area (Å²) in [4.78, 5) is 1.28.